The normalized spacial score (nSPS) is 14.7. The third-order valence-corrected chi connectivity index (χ3v) is 6.27. The van der Waals surface area contributed by atoms with Gasteiger partial charge in [0.1, 0.15) is 16.2 Å². The van der Waals surface area contributed by atoms with Crippen LogP contribution >= 0.6 is 0 Å². The molecule has 2 N–H and O–H groups in total. The van der Waals surface area contributed by atoms with Crippen molar-refractivity contribution in [1.29, 1.82) is 0 Å². The predicted octanol–water partition coefficient (Wildman–Crippen LogP) is 2.91. The van der Waals surface area contributed by atoms with Gasteiger partial charge in [-0.05, 0) is 30.3 Å². The smallest absolute Gasteiger partial charge is 0.286 e. The largest absolute Gasteiger partial charge is 0.506 e. The van der Waals surface area contributed by atoms with Crippen molar-refractivity contribution in [1.82, 2.24) is 4.57 Å². The number of sulfonamides is 1. The van der Waals surface area contributed by atoms with Gasteiger partial charge in [0.15, 0.2) is 5.84 Å². The Hall–Kier alpha value is -3.85. The van der Waals surface area contributed by atoms with Crippen molar-refractivity contribution < 1.29 is 17.9 Å². The van der Waals surface area contributed by atoms with Crippen LogP contribution in [0.1, 0.15) is 11.1 Å². The number of furan rings is 1. The van der Waals surface area contributed by atoms with Crippen molar-refractivity contribution in [3.05, 3.63) is 88.6 Å². The second-order valence-corrected chi connectivity index (χ2v) is 8.37. The van der Waals surface area contributed by atoms with E-state index in [1.54, 1.807) is 48.5 Å². The number of aromatic nitrogens is 1. The van der Waals surface area contributed by atoms with Gasteiger partial charge in [-0.3, -0.25) is 4.79 Å². The number of benzene rings is 2. The average molecular weight is 421 g/mol. The maximum atomic E-state index is 13.4. The highest BCUT2D eigenvalue weighted by Gasteiger charge is 2.29. The molecule has 9 heteroatoms. The van der Waals surface area contributed by atoms with Crippen molar-refractivity contribution in [2.45, 2.75) is 11.4 Å². The van der Waals surface area contributed by atoms with Gasteiger partial charge < -0.3 is 19.4 Å². The summed E-state index contributed by atoms with van der Waals surface area (Å²) in [5.74, 6) is -0.553. The van der Waals surface area contributed by atoms with Gasteiger partial charge in [-0.15, -0.1) is 4.40 Å². The first kappa shape index (κ1) is 18.2. The topological polar surface area (TPSA) is 114 Å². The molecule has 0 saturated heterocycles. The Morgan fingerprint density at radius 3 is 2.63 bits per heavy atom. The third kappa shape index (κ3) is 2.79. The first-order valence-electron chi connectivity index (χ1n) is 9.03. The number of nitrogens with zero attached hydrogens (tertiary/aromatic N) is 2. The van der Waals surface area contributed by atoms with E-state index in [-0.39, 0.29) is 34.3 Å². The highest BCUT2D eigenvalue weighted by atomic mass is 32.2. The summed E-state index contributed by atoms with van der Waals surface area (Å²) < 4.78 is 35.6. The van der Waals surface area contributed by atoms with Crippen molar-refractivity contribution in [3.8, 4) is 5.75 Å². The lowest BCUT2D eigenvalue weighted by Gasteiger charge is -2.20. The average Bonchev–Trinajstić information content (AvgIpc) is 3.24. The lowest BCUT2D eigenvalue weighted by molar-refractivity contribution is 0.478. The van der Waals surface area contributed by atoms with Crippen molar-refractivity contribution in [3.63, 3.8) is 0 Å². The second-order valence-electron chi connectivity index (χ2n) is 6.80. The van der Waals surface area contributed by atoms with Crippen molar-refractivity contribution in [2.24, 2.45) is 4.40 Å². The predicted molar refractivity (Wildman–Crippen MR) is 111 cm³/mol. The number of anilines is 1. The minimum Gasteiger partial charge on any atom is -0.506 e. The lowest BCUT2D eigenvalue weighted by atomic mass is 10.1. The van der Waals surface area contributed by atoms with Gasteiger partial charge in [0, 0.05) is 10.9 Å². The van der Waals surface area contributed by atoms with Crippen LogP contribution in [0.15, 0.2) is 85.6 Å². The minimum atomic E-state index is -4.04. The third-order valence-electron chi connectivity index (χ3n) is 4.93. The molecule has 5 rings (SSSR count). The van der Waals surface area contributed by atoms with Crippen LogP contribution in [-0.2, 0) is 16.6 Å². The van der Waals surface area contributed by atoms with Gasteiger partial charge in [-0.2, -0.15) is 8.42 Å². The number of hydrogen-bond donors (Lipinski definition) is 2. The fraction of sp³-hybridized carbons (Fsp3) is 0.0476. The molecule has 1 aliphatic rings. The lowest BCUT2D eigenvalue weighted by Crippen LogP contribution is -2.32. The monoisotopic (exact) mass is 421 g/mol. The zero-order valence-electron chi connectivity index (χ0n) is 15.4. The quantitative estimate of drug-likeness (QED) is 0.526. The van der Waals surface area contributed by atoms with Crippen LogP contribution in [0, 0.1) is 0 Å². The molecule has 2 aromatic heterocycles. The Morgan fingerprint density at radius 2 is 1.83 bits per heavy atom. The van der Waals surface area contributed by atoms with E-state index in [1.165, 1.54) is 23.2 Å². The van der Waals surface area contributed by atoms with Crippen LogP contribution in [0.5, 0.6) is 5.75 Å². The summed E-state index contributed by atoms with van der Waals surface area (Å²) in [6, 6.07) is 14.8. The first-order valence-corrected chi connectivity index (χ1v) is 10.5. The zero-order chi connectivity index (χ0) is 20.9. The molecule has 150 valence electrons. The summed E-state index contributed by atoms with van der Waals surface area (Å²) in [5, 5.41) is 14.2. The van der Waals surface area contributed by atoms with Crippen LogP contribution in [-0.4, -0.2) is 23.9 Å². The van der Waals surface area contributed by atoms with E-state index in [1.807, 2.05) is 0 Å². The van der Waals surface area contributed by atoms with Gasteiger partial charge in [0.05, 0.1) is 30.3 Å². The van der Waals surface area contributed by atoms with Crippen LogP contribution in [0.4, 0.5) is 5.69 Å². The molecule has 0 spiro atoms. The Labute approximate surface area is 170 Å². The molecule has 0 saturated carbocycles. The number of amidine groups is 1. The summed E-state index contributed by atoms with van der Waals surface area (Å²) in [7, 11) is -4.04. The SMILES string of the molecule is O=c1c(C2=NS(=O)(=O)c3ccccc3N2)c(O)c2ccccc2n1Cc1ccoc1. The van der Waals surface area contributed by atoms with Crippen molar-refractivity contribution in [2.75, 3.05) is 5.32 Å². The number of hydrogen-bond acceptors (Lipinski definition) is 6. The molecular weight excluding hydrogens is 406 g/mol. The molecule has 0 atom stereocenters. The Kier molecular flexibility index (Phi) is 4.00. The summed E-state index contributed by atoms with van der Waals surface area (Å²) in [4.78, 5) is 13.4. The number of fused-ring (bicyclic) bond motifs is 2. The van der Waals surface area contributed by atoms with E-state index in [9.17, 15) is 18.3 Å². The fourth-order valence-electron chi connectivity index (χ4n) is 3.55. The van der Waals surface area contributed by atoms with Gasteiger partial charge in [-0.25, -0.2) is 0 Å². The molecule has 0 amide bonds. The highest BCUT2D eigenvalue weighted by Crippen LogP contribution is 2.32. The Bertz CT molecular complexity index is 1490. The Morgan fingerprint density at radius 1 is 1.07 bits per heavy atom. The summed E-state index contributed by atoms with van der Waals surface area (Å²) >= 11 is 0. The number of aromatic hydroxyl groups is 1. The van der Waals surface area contributed by atoms with Crippen molar-refractivity contribution >= 4 is 32.4 Å². The maximum Gasteiger partial charge on any atom is 0.286 e. The molecule has 3 heterocycles. The summed E-state index contributed by atoms with van der Waals surface area (Å²) in [5.41, 5.74) is 0.749. The van der Waals surface area contributed by atoms with Gasteiger partial charge >= 0.3 is 0 Å². The van der Waals surface area contributed by atoms with E-state index in [0.717, 1.165) is 5.56 Å². The van der Waals surface area contributed by atoms with Crippen LogP contribution in [0.2, 0.25) is 0 Å². The van der Waals surface area contributed by atoms with Crippen LogP contribution in [0.3, 0.4) is 0 Å². The maximum absolute atomic E-state index is 13.4. The van der Waals surface area contributed by atoms with Crippen LogP contribution < -0.4 is 10.9 Å². The number of rotatable bonds is 3. The molecule has 0 bridgehead atoms. The zero-order valence-corrected chi connectivity index (χ0v) is 16.3. The van der Waals surface area contributed by atoms with E-state index < -0.39 is 15.6 Å². The molecule has 0 radical (unpaired) electrons. The number of nitrogens with one attached hydrogen (secondary N) is 1. The molecule has 0 fully saturated rings. The van der Waals surface area contributed by atoms with E-state index in [0.29, 0.717) is 10.9 Å². The van der Waals surface area contributed by atoms with Gasteiger partial charge in [-0.1, -0.05) is 24.3 Å². The van der Waals surface area contributed by atoms with Crippen LogP contribution in [0.25, 0.3) is 10.9 Å². The molecule has 4 aromatic rings. The molecule has 8 nitrogen and oxygen atoms in total. The molecule has 0 unspecified atom stereocenters. The highest BCUT2D eigenvalue weighted by molar-refractivity contribution is 7.90. The fourth-order valence-corrected chi connectivity index (χ4v) is 4.67. The minimum absolute atomic E-state index is 0.00718. The summed E-state index contributed by atoms with van der Waals surface area (Å²) in [6.07, 6.45) is 3.02. The molecule has 0 aliphatic carbocycles. The number of para-hydroxylation sites is 2. The molecular formula is C21H15N3O5S. The Balaban J connectivity index is 1.79. The second kappa shape index (κ2) is 6.60. The molecule has 2 aromatic carbocycles. The van der Waals surface area contributed by atoms with E-state index in [2.05, 4.69) is 9.71 Å². The first-order chi connectivity index (χ1) is 14.5. The molecule has 1 aliphatic heterocycles. The number of pyridine rings is 1. The summed E-state index contributed by atoms with van der Waals surface area (Å²) in [6.45, 7) is 0.180. The molecule has 30 heavy (non-hydrogen) atoms. The van der Waals surface area contributed by atoms with E-state index >= 15 is 0 Å². The van der Waals surface area contributed by atoms with E-state index in [4.69, 9.17) is 4.42 Å². The standard InChI is InChI=1S/C21H15N3O5S/c25-19-14-5-1-3-7-16(14)24(11-13-9-10-29-12-13)21(26)18(19)20-22-15-6-2-4-8-17(15)30(27,28)23-20/h1-10,12,25H,11H2,(H,22,23). The van der Waals surface area contributed by atoms with Gasteiger partial charge in [0.2, 0.25) is 0 Å². The van der Waals surface area contributed by atoms with Gasteiger partial charge in [0.25, 0.3) is 15.6 Å².